The number of hydrogen-bond acceptors (Lipinski definition) is 6. The van der Waals surface area contributed by atoms with Crippen LogP contribution in [0.15, 0.2) is 16.5 Å². The highest BCUT2D eigenvalue weighted by atomic mass is 16.5. The molecule has 0 bridgehead atoms. The van der Waals surface area contributed by atoms with Crippen LogP contribution in [0.4, 0.5) is 0 Å². The first kappa shape index (κ1) is 14.7. The van der Waals surface area contributed by atoms with Gasteiger partial charge in [-0.25, -0.2) is 4.79 Å². The van der Waals surface area contributed by atoms with Crippen LogP contribution in [0, 0.1) is 0 Å². The van der Waals surface area contributed by atoms with Crippen molar-refractivity contribution in [2.24, 2.45) is 0 Å². The predicted octanol–water partition coefficient (Wildman–Crippen LogP) is 0.553. The molecule has 0 fully saturated rings. The van der Waals surface area contributed by atoms with E-state index in [0.29, 0.717) is 31.9 Å². The number of furan rings is 1. The van der Waals surface area contributed by atoms with E-state index in [1.54, 1.807) is 19.2 Å². The van der Waals surface area contributed by atoms with Gasteiger partial charge in [0.1, 0.15) is 5.76 Å². The van der Waals surface area contributed by atoms with Crippen LogP contribution in [0.2, 0.25) is 0 Å². The molecule has 0 aliphatic carbocycles. The van der Waals surface area contributed by atoms with Gasteiger partial charge in [-0.15, -0.1) is 0 Å². The Kier molecular flexibility index (Phi) is 6.42. The minimum Gasteiger partial charge on any atom is -0.463 e. The van der Waals surface area contributed by atoms with Gasteiger partial charge in [0.2, 0.25) is 5.76 Å². The van der Waals surface area contributed by atoms with Crippen LogP contribution in [-0.4, -0.2) is 44.6 Å². The number of carbonyl (C=O) groups excluding carboxylic acids is 1. The summed E-state index contributed by atoms with van der Waals surface area (Å²) in [5, 5.41) is 12.5. The Hall–Kier alpha value is -1.37. The molecule has 0 amide bonds. The van der Waals surface area contributed by atoms with Gasteiger partial charge >= 0.3 is 5.97 Å². The third kappa shape index (κ3) is 4.87. The van der Waals surface area contributed by atoms with Crippen molar-refractivity contribution in [3.05, 3.63) is 23.7 Å². The van der Waals surface area contributed by atoms with E-state index in [9.17, 15) is 9.90 Å². The van der Waals surface area contributed by atoms with Gasteiger partial charge in [-0.1, -0.05) is 0 Å². The second-order valence-corrected chi connectivity index (χ2v) is 3.83. The van der Waals surface area contributed by atoms with Gasteiger partial charge in [-0.05, 0) is 25.1 Å². The fraction of sp³-hybridized carbons (Fsp3) is 0.583. The van der Waals surface area contributed by atoms with Gasteiger partial charge in [-0.3, -0.25) is 0 Å². The van der Waals surface area contributed by atoms with E-state index >= 15 is 0 Å². The van der Waals surface area contributed by atoms with E-state index in [4.69, 9.17) is 9.15 Å². The summed E-state index contributed by atoms with van der Waals surface area (Å²) in [7, 11) is 2.85. The SMILES string of the molecule is COCC(O)CCNCc1ccc(C(=O)OC)o1. The van der Waals surface area contributed by atoms with Crippen molar-refractivity contribution in [2.45, 2.75) is 19.1 Å². The molecule has 0 aliphatic heterocycles. The number of carbonyl (C=O) groups is 1. The molecule has 2 N–H and O–H groups in total. The van der Waals surface area contributed by atoms with Crippen LogP contribution in [0.1, 0.15) is 22.7 Å². The molecule has 102 valence electrons. The minimum absolute atomic E-state index is 0.189. The van der Waals surface area contributed by atoms with Gasteiger partial charge < -0.3 is 24.3 Å². The van der Waals surface area contributed by atoms with E-state index in [1.165, 1.54) is 7.11 Å². The number of aliphatic hydroxyl groups excluding tert-OH is 1. The Bertz CT molecular complexity index is 363. The van der Waals surface area contributed by atoms with Crippen molar-refractivity contribution >= 4 is 5.97 Å². The number of rotatable bonds is 8. The maximum atomic E-state index is 11.1. The highest BCUT2D eigenvalue weighted by molar-refractivity contribution is 5.86. The summed E-state index contributed by atoms with van der Waals surface area (Å²) in [5.41, 5.74) is 0. The smallest absolute Gasteiger partial charge is 0.373 e. The van der Waals surface area contributed by atoms with Crippen LogP contribution in [-0.2, 0) is 16.0 Å². The van der Waals surface area contributed by atoms with Crippen LogP contribution >= 0.6 is 0 Å². The molecule has 1 rings (SSSR count). The van der Waals surface area contributed by atoms with Crippen LogP contribution in [0.25, 0.3) is 0 Å². The summed E-state index contributed by atoms with van der Waals surface area (Å²) in [5.74, 6) is 0.349. The summed E-state index contributed by atoms with van der Waals surface area (Å²) in [6, 6.07) is 3.29. The zero-order valence-electron chi connectivity index (χ0n) is 10.6. The van der Waals surface area contributed by atoms with Crippen LogP contribution in [0.5, 0.6) is 0 Å². The minimum atomic E-state index is -0.489. The molecule has 0 aromatic carbocycles. The molecular formula is C12H19NO5. The Morgan fingerprint density at radius 1 is 1.50 bits per heavy atom. The molecule has 1 aromatic rings. The topological polar surface area (TPSA) is 80.9 Å². The number of nitrogens with one attached hydrogen (secondary N) is 1. The van der Waals surface area contributed by atoms with E-state index in [-0.39, 0.29) is 5.76 Å². The van der Waals surface area contributed by atoms with Gasteiger partial charge in [0.05, 0.1) is 26.4 Å². The second-order valence-electron chi connectivity index (χ2n) is 3.83. The lowest BCUT2D eigenvalue weighted by Crippen LogP contribution is -2.22. The Morgan fingerprint density at radius 2 is 2.28 bits per heavy atom. The number of hydrogen-bond donors (Lipinski definition) is 2. The van der Waals surface area contributed by atoms with Crippen LogP contribution in [0.3, 0.4) is 0 Å². The lowest BCUT2D eigenvalue weighted by atomic mass is 10.2. The standard InChI is InChI=1S/C12H19NO5/c1-16-8-9(14)5-6-13-7-10-3-4-11(18-10)12(15)17-2/h3-4,9,13-14H,5-8H2,1-2H3. The number of esters is 1. The molecule has 18 heavy (non-hydrogen) atoms. The van der Waals surface area contributed by atoms with Crippen molar-refractivity contribution in [2.75, 3.05) is 27.4 Å². The Morgan fingerprint density at radius 3 is 2.94 bits per heavy atom. The first-order valence-corrected chi connectivity index (χ1v) is 5.72. The summed E-state index contributed by atoms with van der Waals surface area (Å²) >= 11 is 0. The molecule has 1 aromatic heterocycles. The number of methoxy groups -OCH3 is 2. The van der Waals surface area contributed by atoms with Crippen molar-refractivity contribution in [3.63, 3.8) is 0 Å². The van der Waals surface area contributed by atoms with E-state index in [2.05, 4.69) is 10.1 Å². The fourth-order valence-corrected chi connectivity index (χ4v) is 1.44. The maximum absolute atomic E-state index is 11.1. The summed E-state index contributed by atoms with van der Waals surface area (Å²) < 4.78 is 14.6. The van der Waals surface area contributed by atoms with Gasteiger partial charge in [0.25, 0.3) is 0 Å². The summed E-state index contributed by atoms with van der Waals surface area (Å²) in [4.78, 5) is 11.1. The Labute approximate surface area is 106 Å². The molecular weight excluding hydrogens is 238 g/mol. The Balaban J connectivity index is 2.23. The predicted molar refractivity (Wildman–Crippen MR) is 64.3 cm³/mol. The first-order valence-electron chi connectivity index (χ1n) is 5.72. The molecule has 1 atom stereocenters. The summed E-state index contributed by atoms with van der Waals surface area (Å²) in [6.07, 6.45) is 0.128. The highest BCUT2D eigenvalue weighted by Gasteiger charge is 2.10. The molecule has 0 radical (unpaired) electrons. The average Bonchev–Trinajstić information content (AvgIpc) is 2.83. The molecule has 0 saturated heterocycles. The molecule has 1 heterocycles. The van der Waals surface area contributed by atoms with E-state index < -0.39 is 12.1 Å². The van der Waals surface area contributed by atoms with Crippen molar-refractivity contribution in [1.82, 2.24) is 5.32 Å². The first-order chi connectivity index (χ1) is 8.67. The number of aliphatic hydroxyl groups is 1. The van der Waals surface area contributed by atoms with Gasteiger partial charge in [-0.2, -0.15) is 0 Å². The number of ether oxygens (including phenoxy) is 2. The molecule has 0 saturated carbocycles. The van der Waals surface area contributed by atoms with Crippen molar-refractivity contribution in [3.8, 4) is 0 Å². The van der Waals surface area contributed by atoms with E-state index in [0.717, 1.165) is 0 Å². The highest BCUT2D eigenvalue weighted by Crippen LogP contribution is 2.08. The van der Waals surface area contributed by atoms with Gasteiger partial charge in [0.15, 0.2) is 0 Å². The third-order valence-corrected chi connectivity index (χ3v) is 2.36. The zero-order valence-corrected chi connectivity index (χ0v) is 10.6. The molecule has 6 nitrogen and oxygen atoms in total. The lowest BCUT2D eigenvalue weighted by Gasteiger charge is -2.09. The molecule has 1 unspecified atom stereocenters. The lowest BCUT2D eigenvalue weighted by molar-refractivity contribution is 0.0562. The van der Waals surface area contributed by atoms with Gasteiger partial charge in [0, 0.05) is 7.11 Å². The van der Waals surface area contributed by atoms with Crippen molar-refractivity contribution < 1.29 is 23.8 Å². The summed E-state index contributed by atoms with van der Waals surface area (Å²) in [6.45, 7) is 1.46. The zero-order chi connectivity index (χ0) is 13.4. The maximum Gasteiger partial charge on any atom is 0.373 e. The fourth-order valence-electron chi connectivity index (χ4n) is 1.44. The average molecular weight is 257 g/mol. The third-order valence-electron chi connectivity index (χ3n) is 2.36. The second kappa shape index (κ2) is 7.86. The van der Waals surface area contributed by atoms with Crippen LogP contribution < -0.4 is 5.32 Å². The van der Waals surface area contributed by atoms with Crippen molar-refractivity contribution in [1.29, 1.82) is 0 Å². The monoisotopic (exact) mass is 257 g/mol. The molecule has 0 spiro atoms. The largest absolute Gasteiger partial charge is 0.463 e. The normalized spacial score (nSPS) is 12.4. The molecule has 6 heteroatoms. The van der Waals surface area contributed by atoms with E-state index in [1.807, 2.05) is 0 Å². The quantitative estimate of drug-likeness (QED) is 0.523. The molecule has 0 aliphatic rings.